The lowest BCUT2D eigenvalue weighted by Gasteiger charge is -2.25. The maximum Gasteiger partial charge on any atom is 0.0392 e. The van der Waals surface area contributed by atoms with Gasteiger partial charge in [-0.15, -0.1) is 6.58 Å². The van der Waals surface area contributed by atoms with Gasteiger partial charge in [-0.2, -0.15) is 0 Å². The summed E-state index contributed by atoms with van der Waals surface area (Å²) in [7, 11) is 0. The van der Waals surface area contributed by atoms with Crippen molar-refractivity contribution >= 4 is 5.69 Å². The van der Waals surface area contributed by atoms with E-state index in [0.717, 1.165) is 13.1 Å². The zero-order valence-corrected chi connectivity index (χ0v) is 10.3. The average Bonchev–Trinajstić information content (AvgIpc) is 2.29. The second-order valence-electron chi connectivity index (χ2n) is 4.32. The van der Waals surface area contributed by atoms with Crippen molar-refractivity contribution in [2.45, 2.75) is 13.8 Å². The molecule has 1 nitrogen and oxygen atoms in total. The molecule has 0 bridgehead atoms. The van der Waals surface area contributed by atoms with Crippen LogP contribution < -0.4 is 4.90 Å². The van der Waals surface area contributed by atoms with E-state index in [-0.39, 0.29) is 0 Å². The van der Waals surface area contributed by atoms with Crippen molar-refractivity contribution in [2.75, 3.05) is 18.0 Å². The molecule has 0 amide bonds. The molecule has 0 spiro atoms. The molecule has 0 aromatic heterocycles. The summed E-state index contributed by atoms with van der Waals surface area (Å²) in [4.78, 5) is 2.29. The van der Waals surface area contributed by atoms with Crippen LogP contribution in [0, 0.1) is 5.92 Å². The third kappa shape index (κ3) is 3.58. The molecular weight excluding hydrogens is 194 g/mol. The highest BCUT2D eigenvalue weighted by Crippen LogP contribution is 2.17. The van der Waals surface area contributed by atoms with Gasteiger partial charge >= 0.3 is 0 Å². The Bertz CT molecular complexity index is 338. The van der Waals surface area contributed by atoms with Gasteiger partial charge in [-0.25, -0.2) is 0 Å². The Hall–Kier alpha value is -1.50. The van der Waals surface area contributed by atoms with E-state index in [9.17, 15) is 0 Å². The summed E-state index contributed by atoms with van der Waals surface area (Å²) in [5.41, 5.74) is 2.48. The van der Waals surface area contributed by atoms with E-state index in [1.165, 1.54) is 11.3 Å². The molecule has 1 heteroatoms. The summed E-state index contributed by atoms with van der Waals surface area (Å²) in [5, 5.41) is 0. The number of nitrogens with zero attached hydrogens (tertiary/aromatic N) is 1. The van der Waals surface area contributed by atoms with Crippen LogP contribution in [0.5, 0.6) is 0 Å². The van der Waals surface area contributed by atoms with Crippen molar-refractivity contribution in [1.29, 1.82) is 0 Å². The summed E-state index contributed by atoms with van der Waals surface area (Å²) in [6.07, 6.45) is 1.93. The molecule has 0 saturated heterocycles. The SMILES string of the molecule is C=CCN(CC(=C)C(C)C)c1ccccc1. The average molecular weight is 215 g/mol. The predicted molar refractivity (Wildman–Crippen MR) is 72.8 cm³/mol. The molecule has 0 N–H and O–H groups in total. The third-order valence-corrected chi connectivity index (χ3v) is 2.68. The third-order valence-electron chi connectivity index (χ3n) is 2.68. The second-order valence-corrected chi connectivity index (χ2v) is 4.32. The number of hydrogen-bond donors (Lipinski definition) is 0. The maximum atomic E-state index is 4.13. The smallest absolute Gasteiger partial charge is 0.0392 e. The van der Waals surface area contributed by atoms with Crippen molar-refractivity contribution in [3.05, 3.63) is 55.1 Å². The van der Waals surface area contributed by atoms with Crippen LogP contribution in [0.4, 0.5) is 5.69 Å². The highest BCUT2D eigenvalue weighted by Gasteiger charge is 2.08. The summed E-state index contributed by atoms with van der Waals surface area (Å²) in [6.45, 7) is 14.0. The fourth-order valence-electron chi connectivity index (χ4n) is 1.48. The van der Waals surface area contributed by atoms with Crippen LogP contribution in [0.1, 0.15) is 13.8 Å². The molecule has 16 heavy (non-hydrogen) atoms. The number of rotatable bonds is 6. The van der Waals surface area contributed by atoms with E-state index >= 15 is 0 Å². The van der Waals surface area contributed by atoms with E-state index < -0.39 is 0 Å². The molecule has 1 rings (SSSR count). The van der Waals surface area contributed by atoms with Gasteiger partial charge in [0.25, 0.3) is 0 Å². The fraction of sp³-hybridized carbons (Fsp3) is 0.333. The topological polar surface area (TPSA) is 3.24 Å². The first kappa shape index (κ1) is 12.6. The second kappa shape index (κ2) is 6.16. The molecule has 0 aliphatic rings. The minimum atomic E-state index is 0.524. The van der Waals surface area contributed by atoms with E-state index in [1.807, 2.05) is 12.1 Å². The van der Waals surface area contributed by atoms with Crippen LogP contribution in [-0.4, -0.2) is 13.1 Å². The van der Waals surface area contributed by atoms with Gasteiger partial charge in [0, 0.05) is 18.8 Å². The van der Waals surface area contributed by atoms with Gasteiger partial charge in [-0.3, -0.25) is 0 Å². The molecule has 0 aliphatic heterocycles. The predicted octanol–water partition coefficient (Wildman–Crippen LogP) is 3.89. The highest BCUT2D eigenvalue weighted by atomic mass is 15.1. The zero-order chi connectivity index (χ0) is 12.0. The first-order valence-electron chi connectivity index (χ1n) is 5.73. The quantitative estimate of drug-likeness (QED) is 0.651. The number of para-hydroxylation sites is 1. The van der Waals surface area contributed by atoms with Gasteiger partial charge in [0.2, 0.25) is 0 Å². The molecule has 0 radical (unpaired) electrons. The molecule has 1 aromatic carbocycles. The lowest BCUT2D eigenvalue weighted by molar-refractivity contribution is 0.728. The lowest BCUT2D eigenvalue weighted by Crippen LogP contribution is -2.26. The van der Waals surface area contributed by atoms with E-state index in [0.29, 0.717) is 5.92 Å². The molecule has 0 atom stereocenters. The zero-order valence-electron chi connectivity index (χ0n) is 10.3. The number of benzene rings is 1. The van der Waals surface area contributed by atoms with Crippen LogP contribution in [0.15, 0.2) is 55.1 Å². The van der Waals surface area contributed by atoms with Crippen LogP contribution in [0.2, 0.25) is 0 Å². The van der Waals surface area contributed by atoms with Crippen molar-refractivity contribution in [1.82, 2.24) is 0 Å². The molecule has 0 aliphatic carbocycles. The van der Waals surface area contributed by atoms with Gasteiger partial charge in [-0.05, 0) is 18.1 Å². The Morgan fingerprint density at radius 2 is 1.94 bits per heavy atom. The Morgan fingerprint density at radius 1 is 1.31 bits per heavy atom. The number of anilines is 1. The van der Waals surface area contributed by atoms with Crippen molar-refractivity contribution in [3.8, 4) is 0 Å². The Labute approximate surface area is 99.1 Å². The fourth-order valence-corrected chi connectivity index (χ4v) is 1.48. The van der Waals surface area contributed by atoms with E-state index in [4.69, 9.17) is 0 Å². The minimum absolute atomic E-state index is 0.524. The first-order chi connectivity index (χ1) is 7.65. The number of hydrogen-bond acceptors (Lipinski definition) is 1. The van der Waals surface area contributed by atoms with Gasteiger partial charge in [0.05, 0.1) is 0 Å². The van der Waals surface area contributed by atoms with Gasteiger partial charge in [0.1, 0.15) is 0 Å². The van der Waals surface area contributed by atoms with E-state index in [2.05, 4.69) is 56.2 Å². The van der Waals surface area contributed by atoms with Gasteiger partial charge in [-0.1, -0.05) is 50.3 Å². The van der Waals surface area contributed by atoms with Crippen molar-refractivity contribution in [3.63, 3.8) is 0 Å². The molecule has 86 valence electrons. The van der Waals surface area contributed by atoms with Crippen LogP contribution in [-0.2, 0) is 0 Å². The van der Waals surface area contributed by atoms with Crippen LogP contribution in [0.25, 0.3) is 0 Å². The maximum absolute atomic E-state index is 4.13. The normalized spacial score (nSPS) is 10.2. The van der Waals surface area contributed by atoms with Crippen molar-refractivity contribution in [2.24, 2.45) is 5.92 Å². The molecule has 0 heterocycles. The van der Waals surface area contributed by atoms with Crippen LogP contribution in [0.3, 0.4) is 0 Å². The van der Waals surface area contributed by atoms with Gasteiger partial charge in [0.15, 0.2) is 0 Å². The molecule has 1 aromatic rings. The molecular formula is C15H21N. The lowest BCUT2D eigenvalue weighted by atomic mass is 10.0. The van der Waals surface area contributed by atoms with Crippen LogP contribution >= 0.6 is 0 Å². The summed E-state index contributed by atoms with van der Waals surface area (Å²) in [5.74, 6) is 0.524. The largest absolute Gasteiger partial charge is 0.364 e. The summed E-state index contributed by atoms with van der Waals surface area (Å²) in [6, 6.07) is 10.4. The summed E-state index contributed by atoms with van der Waals surface area (Å²) >= 11 is 0. The molecule has 0 saturated carbocycles. The first-order valence-corrected chi connectivity index (χ1v) is 5.73. The molecule has 0 fully saturated rings. The Morgan fingerprint density at radius 3 is 2.44 bits per heavy atom. The van der Waals surface area contributed by atoms with Crippen molar-refractivity contribution < 1.29 is 0 Å². The minimum Gasteiger partial charge on any atom is -0.364 e. The Kier molecular flexibility index (Phi) is 4.84. The van der Waals surface area contributed by atoms with E-state index in [1.54, 1.807) is 0 Å². The monoisotopic (exact) mass is 215 g/mol. The standard InChI is InChI=1S/C15H21N/c1-5-11-16(12-14(4)13(2)3)15-9-7-6-8-10-15/h5-10,13H,1,4,11-12H2,2-3H3. The Balaban J connectivity index is 2.76. The molecule has 0 unspecified atom stereocenters. The summed E-state index contributed by atoms with van der Waals surface area (Å²) < 4.78 is 0. The van der Waals surface area contributed by atoms with Gasteiger partial charge < -0.3 is 4.90 Å². The highest BCUT2D eigenvalue weighted by molar-refractivity contribution is 5.47.